The predicted molar refractivity (Wildman–Crippen MR) is 45.4 cm³/mol. The number of fused-ring (bicyclic) bond motifs is 1. The lowest BCUT2D eigenvalue weighted by Crippen LogP contribution is -2.68. The summed E-state index contributed by atoms with van der Waals surface area (Å²) in [6.07, 6.45) is 1.69. The highest BCUT2D eigenvalue weighted by Crippen LogP contribution is 2.14. The third kappa shape index (κ3) is 5.01. The molecule has 2 aromatic rings. The first-order chi connectivity index (χ1) is 7.36. The highest BCUT2D eigenvalue weighted by Gasteiger charge is 2.01. The molecule has 1 aromatic heterocycles. The number of hydrogen-bond acceptors (Lipinski definition) is 4. The lowest BCUT2D eigenvalue weighted by molar-refractivity contribution is -2.00. The van der Waals surface area contributed by atoms with Crippen LogP contribution in [0, 0.1) is 17.2 Å². The van der Waals surface area contributed by atoms with Crippen molar-refractivity contribution in [3.8, 4) is 0 Å². The van der Waals surface area contributed by atoms with Crippen LogP contribution in [0.5, 0.6) is 0 Å². The van der Waals surface area contributed by atoms with Gasteiger partial charge in [0, 0.05) is 12.1 Å². The lowest BCUT2D eigenvalue weighted by Gasteiger charge is -2.17. The van der Waals surface area contributed by atoms with Gasteiger partial charge in [0.1, 0.15) is 0 Å². The summed E-state index contributed by atoms with van der Waals surface area (Å²) >= 11 is 0. The first-order valence-electron chi connectivity index (χ1n) is 4.25. The molecule has 0 radical (unpaired) electrons. The number of halogens is 1. The van der Waals surface area contributed by atoms with Crippen molar-refractivity contribution in [2.75, 3.05) is 0 Å². The smallest absolute Gasteiger partial charge is 0.222 e. The van der Waals surface area contributed by atoms with Gasteiger partial charge in [0.2, 0.25) is 0 Å². The molecule has 0 spiro atoms. The van der Waals surface area contributed by atoms with Crippen LogP contribution in [0.1, 0.15) is 5.56 Å². The molecule has 16 heavy (non-hydrogen) atoms. The van der Waals surface area contributed by atoms with Crippen LogP contribution in [0.2, 0.25) is 0 Å². The molecule has 0 atom stereocenters. The van der Waals surface area contributed by atoms with Gasteiger partial charge in [-0.2, -0.15) is 0 Å². The summed E-state index contributed by atoms with van der Waals surface area (Å²) in [6.45, 7) is 2.08. The van der Waals surface area contributed by atoms with E-state index < -0.39 is 10.2 Å². The molecule has 1 heterocycles. The van der Waals surface area contributed by atoms with Crippen LogP contribution in [0.4, 0.5) is 0 Å². The second kappa shape index (κ2) is 5.20. The van der Waals surface area contributed by atoms with Gasteiger partial charge in [0.05, 0.1) is 5.39 Å². The Bertz CT molecular complexity index is 460. The molecule has 1 aromatic carbocycles. The molecule has 0 unspecified atom stereocenters. The molecule has 0 N–H and O–H groups in total. The van der Waals surface area contributed by atoms with Gasteiger partial charge in [-0.05, 0) is 30.7 Å². The summed E-state index contributed by atoms with van der Waals surface area (Å²) in [5.74, 6) is 0. The Kier molecular flexibility index (Phi) is 4.17. The van der Waals surface area contributed by atoms with Gasteiger partial charge in [-0.25, -0.2) is 23.1 Å². The SMILES string of the molecule is Cc1ccc2[o+]cccc2c1.[O-][Cl+3]([O-])([O-])[O-]. The van der Waals surface area contributed by atoms with Crippen molar-refractivity contribution in [3.05, 3.63) is 42.2 Å². The molecule has 86 valence electrons. The maximum Gasteiger partial charge on any atom is 0.359 e. The Morgan fingerprint density at radius 3 is 2.31 bits per heavy atom. The molecule has 0 saturated heterocycles. The summed E-state index contributed by atoms with van der Waals surface area (Å²) < 4.78 is 39.2. The van der Waals surface area contributed by atoms with Crippen LogP contribution in [0.3, 0.4) is 0 Å². The van der Waals surface area contributed by atoms with Crippen molar-refractivity contribution in [2.24, 2.45) is 0 Å². The van der Waals surface area contributed by atoms with Crippen molar-refractivity contribution in [1.29, 1.82) is 0 Å². The van der Waals surface area contributed by atoms with E-state index in [1.165, 1.54) is 5.56 Å². The molecule has 0 aliphatic carbocycles. The maximum atomic E-state index is 8.49. The molecule has 0 aliphatic heterocycles. The van der Waals surface area contributed by atoms with Gasteiger partial charge in [-0.3, -0.25) is 0 Å². The molecule has 0 saturated carbocycles. The topological polar surface area (TPSA) is 104 Å². The normalized spacial score (nSPS) is 10.8. The summed E-state index contributed by atoms with van der Waals surface area (Å²) in [5, 5.41) is 1.16. The van der Waals surface area contributed by atoms with E-state index in [4.69, 9.17) is 23.1 Å². The molecule has 0 bridgehead atoms. The fourth-order valence-corrected chi connectivity index (χ4v) is 1.16. The summed E-state index contributed by atoms with van der Waals surface area (Å²) in [5.41, 5.74) is 2.21. The molecule has 5 nitrogen and oxygen atoms in total. The number of rotatable bonds is 0. The largest absolute Gasteiger partial charge is 0.359 e. The average Bonchev–Trinajstić information content (AvgIpc) is 2.15. The Morgan fingerprint density at radius 1 is 1.06 bits per heavy atom. The molecule has 2 rings (SSSR count). The maximum absolute atomic E-state index is 8.49. The second-order valence-corrected chi connectivity index (χ2v) is 3.79. The molecular formula is C10H9ClO5. The van der Waals surface area contributed by atoms with E-state index >= 15 is 0 Å². The highest BCUT2D eigenvalue weighted by atomic mass is 35.7. The van der Waals surface area contributed by atoms with E-state index in [-0.39, 0.29) is 0 Å². The highest BCUT2D eigenvalue weighted by molar-refractivity contribution is 5.76. The summed E-state index contributed by atoms with van der Waals surface area (Å²) in [4.78, 5) is 0. The summed E-state index contributed by atoms with van der Waals surface area (Å²) in [6, 6.07) is 10.1. The number of hydrogen-bond donors (Lipinski definition) is 0. The second-order valence-electron chi connectivity index (χ2n) is 3.03. The van der Waals surface area contributed by atoms with E-state index in [9.17, 15) is 0 Å². The Hall–Kier alpha value is -1.24. The minimum atomic E-state index is -4.94. The Morgan fingerprint density at radius 2 is 1.69 bits per heavy atom. The van der Waals surface area contributed by atoms with Crippen LogP contribution in [-0.2, 0) is 0 Å². The number of benzene rings is 1. The van der Waals surface area contributed by atoms with Crippen LogP contribution in [0.25, 0.3) is 11.0 Å². The van der Waals surface area contributed by atoms with Crippen LogP contribution in [-0.4, -0.2) is 0 Å². The van der Waals surface area contributed by atoms with Crippen LogP contribution >= 0.6 is 0 Å². The first kappa shape index (κ1) is 12.8. The monoisotopic (exact) mass is 244 g/mol. The van der Waals surface area contributed by atoms with Crippen molar-refractivity contribution in [2.45, 2.75) is 6.92 Å². The number of aryl methyl sites for hydroxylation is 1. The third-order valence-corrected chi connectivity index (χ3v) is 1.71. The van der Waals surface area contributed by atoms with Gasteiger partial charge in [0.25, 0.3) is 0 Å². The fourth-order valence-electron chi connectivity index (χ4n) is 1.16. The molecule has 0 fully saturated rings. The van der Waals surface area contributed by atoms with Gasteiger partial charge >= 0.3 is 11.8 Å². The minimum absolute atomic E-state index is 0.943. The zero-order valence-corrected chi connectivity index (χ0v) is 9.14. The van der Waals surface area contributed by atoms with Crippen molar-refractivity contribution < 1.29 is 33.3 Å². The zero-order chi connectivity index (χ0) is 12.2. The fraction of sp³-hybridized carbons (Fsp3) is 0.100. The van der Waals surface area contributed by atoms with E-state index in [1.807, 2.05) is 24.3 Å². The molecule has 0 amide bonds. The van der Waals surface area contributed by atoms with Gasteiger partial charge in [-0.15, -0.1) is 10.2 Å². The average molecular weight is 245 g/mol. The third-order valence-electron chi connectivity index (χ3n) is 1.71. The summed E-state index contributed by atoms with van der Waals surface area (Å²) in [7, 11) is -4.94. The minimum Gasteiger partial charge on any atom is -0.222 e. The molecule has 6 heteroatoms. The van der Waals surface area contributed by atoms with Crippen LogP contribution in [0.15, 0.2) is 41.0 Å². The first-order valence-corrected chi connectivity index (χ1v) is 5.48. The van der Waals surface area contributed by atoms with E-state index in [0.717, 1.165) is 11.0 Å². The van der Waals surface area contributed by atoms with E-state index in [2.05, 4.69) is 13.0 Å². The van der Waals surface area contributed by atoms with Crippen molar-refractivity contribution >= 4 is 11.0 Å². The lowest BCUT2D eigenvalue weighted by atomic mass is 10.2. The Labute approximate surface area is 93.9 Å². The van der Waals surface area contributed by atoms with Gasteiger partial charge in [0.15, 0.2) is 0 Å². The van der Waals surface area contributed by atoms with E-state index in [1.54, 1.807) is 6.26 Å². The quantitative estimate of drug-likeness (QED) is 0.512. The van der Waals surface area contributed by atoms with E-state index in [0.29, 0.717) is 0 Å². The zero-order valence-electron chi connectivity index (χ0n) is 8.38. The van der Waals surface area contributed by atoms with Crippen LogP contribution < -0.4 is 18.6 Å². The Balaban J connectivity index is 0.000000221. The molecular weight excluding hydrogens is 236 g/mol. The van der Waals surface area contributed by atoms with Crippen molar-refractivity contribution in [1.82, 2.24) is 0 Å². The standard InChI is InChI=1S/C10H9O.ClHO4/c1-8-4-5-10-9(7-8)3-2-6-11-10;2-1(3,4)5/h2-7H,1H3;(H,2,3,4,5)/q+1;/p-1. The molecule has 0 aliphatic rings. The van der Waals surface area contributed by atoms with Gasteiger partial charge < -0.3 is 0 Å². The predicted octanol–water partition coefficient (Wildman–Crippen LogP) is -1.73. The van der Waals surface area contributed by atoms with Gasteiger partial charge in [-0.1, -0.05) is 0 Å². The van der Waals surface area contributed by atoms with Crippen molar-refractivity contribution in [3.63, 3.8) is 0 Å².